The van der Waals surface area contributed by atoms with Crippen LogP contribution in [0.5, 0.6) is 0 Å². The molecule has 0 amide bonds. The minimum atomic E-state index is -2.38. The summed E-state index contributed by atoms with van der Waals surface area (Å²) in [4.78, 5) is 0. The molecule has 5 rings (SSSR count). The molecule has 1 saturated heterocycles. The van der Waals surface area contributed by atoms with Gasteiger partial charge in [0.25, 0.3) is 0 Å². The van der Waals surface area contributed by atoms with Crippen molar-refractivity contribution in [1.82, 2.24) is 0 Å². The van der Waals surface area contributed by atoms with E-state index in [4.69, 9.17) is 23.0 Å². The van der Waals surface area contributed by atoms with Crippen LogP contribution in [-0.4, -0.2) is 18.3 Å². The van der Waals surface area contributed by atoms with Crippen LogP contribution >= 0.6 is 0 Å². The first-order valence-corrected chi connectivity index (χ1v) is 9.38. The monoisotopic (exact) mass is 371 g/mol. The van der Waals surface area contributed by atoms with E-state index in [0.29, 0.717) is 0 Å². The summed E-state index contributed by atoms with van der Waals surface area (Å²) in [6, 6.07) is -3.78. The van der Waals surface area contributed by atoms with Gasteiger partial charge < -0.3 is 9.31 Å². The van der Waals surface area contributed by atoms with Crippen LogP contribution in [0.3, 0.4) is 0 Å². The largest absolute Gasteiger partial charge is 0.494 e. The number of hydrogen-bond donors (Lipinski definition) is 0. The second-order valence-electron chi connectivity index (χ2n) is 8.33. The number of benzene rings is 2. The molecule has 0 aromatic heterocycles. The lowest BCUT2D eigenvalue weighted by atomic mass is 9.66. The first-order valence-electron chi connectivity index (χ1n) is 14.9. The van der Waals surface area contributed by atoms with Crippen molar-refractivity contribution in [2.45, 2.75) is 76.3 Å². The molecule has 1 heterocycles. The van der Waals surface area contributed by atoms with E-state index in [1.54, 1.807) is 27.7 Å². The minimum Gasteiger partial charge on any atom is -0.399 e. The van der Waals surface area contributed by atoms with Gasteiger partial charge in [0.05, 0.1) is 20.8 Å². The molecule has 27 heavy (non-hydrogen) atoms. The van der Waals surface area contributed by atoms with E-state index < -0.39 is 78.8 Å². The zero-order valence-corrected chi connectivity index (χ0v) is 16.0. The van der Waals surface area contributed by atoms with Crippen LogP contribution in [0.25, 0.3) is 11.1 Å². The third-order valence-corrected chi connectivity index (χ3v) is 6.14. The fourth-order valence-electron chi connectivity index (χ4n) is 3.93. The number of hydrogen-bond acceptors (Lipinski definition) is 2. The van der Waals surface area contributed by atoms with Gasteiger partial charge in [0.15, 0.2) is 0 Å². The summed E-state index contributed by atoms with van der Waals surface area (Å²) in [6.45, 7) is 7.15. The summed E-state index contributed by atoms with van der Waals surface area (Å²) in [6.07, 6.45) is -4.80. The van der Waals surface area contributed by atoms with E-state index in [0.717, 1.165) is 0 Å². The zero-order chi connectivity index (χ0) is 28.5. The lowest BCUT2D eigenvalue weighted by Gasteiger charge is -2.36. The van der Waals surface area contributed by atoms with Crippen LogP contribution in [-0.2, 0) is 14.7 Å². The molecule has 1 saturated carbocycles. The molecule has 2 nitrogen and oxygen atoms in total. The predicted octanol–water partition coefficient (Wildman–Crippen LogP) is 5.22. The Morgan fingerprint density at radius 3 is 2.19 bits per heavy atom. The maximum Gasteiger partial charge on any atom is 0.494 e. The SMILES string of the molecule is [2H]c1c([2H])c([2H])c2c(c1[2H])-c1c([2H])c([2H])c(B3OC(C)(C)C(C)(C)O3)c([2H])c1C21C([2H])([2H])CCCC1([2H])[2H]. The third kappa shape index (κ3) is 2.41. The van der Waals surface area contributed by atoms with Crippen molar-refractivity contribution < 1.29 is 24.4 Å². The second kappa shape index (κ2) is 5.72. The summed E-state index contributed by atoms with van der Waals surface area (Å²) in [5, 5.41) is 0. The van der Waals surface area contributed by atoms with Crippen LogP contribution in [0.4, 0.5) is 0 Å². The van der Waals surface area contributed by atoms with Crippen LogP contribution < -0.4 is 5.46 Å². The standard InChI is InChI=1S/C24H29BO2/c1-22(2)23(3,4)27-25(26-22)17-12-13-19-18-10-6-7-11-20(18)24(21(19)16-17)14-8-5-9-15-24/h6-7,10-13,16H,5,8-9,14-15H2,1-4H3/i6D,7D,10D,11D,12D,13D,14D2,15D2,16D. The van der Waals surface area contributed by atoms with Crippen molar-refractivity contribution in [3.8, 4) is 11.1 Å². The van der Waals surface area contributed by atoms with Gasteiger partial charge in [0, 0.05) is 10.9 Å². The Bertz CT molecular complexity index is 1370. The minimum absolute atomic E-state index is 0.116. The average Bonchev–Trinajstić information content (AvgIpc) is 3.23. The van der Waals surface area contributed by atoms with Gasteiger partial charge >= 0.3 is 7.12 Å². The van der Waals surface area contributed by atoms with Crippen molar-refractivity contribution in [1.29, 1.82) is 0 Å². The van der Waals surface area contributed by atoms with Crippen molar-refractivity contribution in [2.75, 3.05) is 0 Å². The molecule has 0 N–H and O–H groups in total. The van der Waals surface area contributed by atoms with Gasteiger partial charge in [-0.15, -0.1) is 0 Å². The van der Waals surface area contributed by atoms with Crippen LogP contribution in [0, 0.1) is 0 Å². The predicted molar refractivity (Wildman–Crippen MR) is 111 cm³/mol. The van der Waals surface area contributed by atoms with E-state index in [-0.39, 0.29) is 47.0 Å². The molecule has 0 radical (unpaired) electrons. The topological polar surface area (TPSA) is 18.5 Å². The quantitative estimate of drug-likeness (QED) is 0.640. The van der Waals surface area contributed by atoms with Gasteiger partial charge in [-0.2, -0.15) is 0 Å². The van der Waals surface area contributed by atoms with Crippen molar-refractivity contribution >= 4 is 12.6 Å². The molecular weight excluding hydrogens is 331 g/mol. The van der Waals surface area contributed by atoms with E-state index in [1.807, 2.05) is 0 Å². The molecule has 0 bridgehead atoms. The molecule has 1 aliphatic heterocycles. The summed E-state index contributed by atoms with van der Waals surface area (Å²) < 4.78 is 110. The highest BCUT2D eigenvalue weighted by Crippen LogP contribution is 2.55. The number of fused-ring (bicyclic) bond motifs is 5. The Labute approximate surface area is 178 Å². The van der Waals surface area contributed by atoms with Gasteiger partial charge in [-0.25, -0.2) is 0 Å². The first-order chi connectivity index (χ1) is 17.3. The van der Waals surface area contributed by atoms with Crippen molar-refractivity contribution in [3.63, 3.8) is 0 Å². The van der Waals surface area contributed by atoms with Crippen molar-refractivity contribution in [3.05, 3.63) is 53.4 Å². The zero-order valence-electron chi connectivity index (χ0n) is 27.0. The van der Waals surface area contributed by atoms with Crippen LogP contribution in [0.1, 0.15) is 85.9 Å². The molecule has 1 spiro atoms. The number of rotatable bonds is 1. The van der Waals surface area contributed by atoms with E-state index in [9.17, 15) is 1.37 Å². The molecular formula is C24H29BO2. The Morgan fingerprint density at radius 1 is 0.852 bits per heavy atom. The molecule has 3 aliphatic rings. The Balaban J connectivity index is 1.99. The maximum absolute atomic E-state index is 9.31. The molecule has 140 valence electrons. The fourth-order valence-corrected chi connectivity index (χ4v) is 3.93. The van der Waals surface area contributed by atoms with Gasteiger partial charge in [-0.05, 0) is 68.2 Å². The second-order valence-corrected chi connectivity index (χ2v) is 8.33. The lowest BCUT2D eigenvalue weighted by molar-refractivity contribution is 0.00578. The normalized spacial score (nSPS) is 33.6. The highest BCUT2D eigenvalue weighted by Gasteiger charge is 2.52. The highest BCUT2D eigenvalue weighted by molar-refractivity contribution is 6.62. The lowest BCUT2D eigenvalue weighted by Crippen LogP contribution is -2.41. The van der Waals surface area contributed by atoms with E-state index in [1.165, 1.54) is 0 Å². The van der Waals surface area contributed by atoms with Crippen molar-refractivity contribution in [2.24, 2.45) is 0 Å². The Hall–Kier alpha value is -1.58. The van der Waals surface area contributed by atoms with E-state index >= 15 is 0 Å². The molecule has 2 aliphatic carbocycles. The first kappa shape index (κ1) is 9.28. The molecule has 0 unspecified atom stereocenters. The molecule has 2 fully saturated rings. The molecule has 0 atom stereocenters. The molecule has 2 aromatic rings. The summed E-state index contributed by atoms with van der Waals surface area (Å²) in [5.41, 5.74) is -5.11. The fraction of sp³-hybridized carbons (Fsp3) is 0.500. The van der Waals surface area contributed by atoms with Gasteiger partial charge in [0.2, 0.25) is 0 Å². The third-order valence-electron chi connectivity index (χ3n) is 6.14. The Kier molecular flexibility index (Phi) is 1.96. The summed E-state index contributed by atoms with van der Waals surface area (Å²) in [5.74, 6) is 0. The summed E-state index contributed by atoms with van der Waals surface area (Å²) in [7, 11) is -1.26. The van der Waals surface area contributed by atoms with Crippen LogP contribution in [0.2, 0.25) is 0 Å². The van der Waals surface area contributed by atoms with Gasteiger partial charge in [-0.3, -0.25) is 0 Å². The molecule has 3 heteroatoms. The Morgan fingerprint density at radius 2 is 1.48 bits per heavy atom. The highest BCUT2D eigenvalue weighted by atomic mass is 16.7. The molecule has 2 aromatic carbocycles. The maximum atomic E-state index is 9.31. The van der Waals surface area contributed by atoms with Gasteiger partial charge in [0.1, 0.15) is 0 Å². The van der Waals surface area contributed by atoms with Crippen LogP contribution in [0.15, 0.2) is 42.3 Å². The smallest absolute Gasteiger partial charge is 0.399 e. The van der Waals surface area contributed by atoms with Gasteiger partial charge in [-0.1, -0.05) is 61.6 Å². The van der Waals surface area contributed by atoms with E-state index in [2.05, 4.69) is 0 Å². The summed E-state index contributed by atoms with van der Waals surface area (Å²) >= 11 is 0. The average molecular weight is 371 g/mol.